The summed E-state index contributed by atoms with van der Waals surface area (Å²) in [5.74, 6) is -0.144. The summed E-state index contributed by atoms with van der Waals surface area (Å²) in [6.45, 7) is 4.87. The Morgan fingerprint density at radius 1 is 1.23 bits per heavy atom. The minimum absolute atomic E-state index is 0.0766. The van der Waals surface area contributed by atoms with Crippen molar-refractivity contribution >= 4 is 23.4 Å². The summed E-state index contributed by atoms with van der Waals surface area (Å²) < 4.78 is 5.63. The third-order valence-electron chi connectivity index (χ3n) is 4.94. The van der Waals surface area contributed by atoms with Crippen LogP contribution in [-0.4, -0.2) is 40.7 Å². The van der Waals surface area contributed by atoms with E-state index in [0.717, 1.165) is 12.8 Å². The molecule has 0 radical (unpaired) electrons. The molecular formula is C22H26N4O4. The maximum Gasteiger partial charge on any atom is 0.248 e. The molecule has 3 N–H and O–H groups in total. The second-order valence-electron chi connectivity index (χ2n) is 7.65. The number of carbonyl (C=O) groups is 3. The van der Waals surface area contributed by atoms with Gasteiger partial charge in [0.1, 0.15) is 5.75 Å². The van der Waals surface area contributed by atoms with Crippen LogP contribution in [0.15, 0.2) is 42.6 Å². The fraction of sp³-hybridized carbons (Fsp3) is 0.364. The van der Waals surface area contributed by atoms with E-state index in [1.807, 2.05) is 13.8 Å². The number of nitrogens with one attached hydrogen (secondary N) is 1. The Balaban J connectivity index is 1.59. The Kier molecular flexibility index (Phi) is 6.66. The van der Waals surface area contributed by atoms with Crippen molar-refractivity contribution in [3.63, 3.8) is 0 Å². The van der Waals surface area contributed by atoms with Crippen molar-refractivity contribution < 1.29 is 19.1 Å². The Morgan fingerprint density at radius 3 is 2.70 bits per heavy atom. The van der Waals surface area contributed by atoms with E-state index in [9.17, 15) is 14.4 Å². The van der Waals surface area contributed by atoms with Gasteiger partial charge < -0.3 is 20.7 Å². The van der Waals surface area contributed by atoms with Crippen molar-refractivity contribution in [3.8, 4) is 11.6 Å². The van der Waals surface area contributed by atoms with Crippen LogP contribution in [0.5, 0.6) is 11.6 Å². The molecule has 0 aliphatic carbocycles. The number of likely N-dealkylation sites (tertiary alicyclic amines) is 1. The van der Waals surface area contributed by atoms with Gasteiger partial charge in [-0.15, -0.1) is 0 Å². The number of rotatable bonds is 6. The number of anilines is 1. The smallest absolute Gasteiger partial charge is 0.248 e. The van der Waals surface area contributed by atoms with E-state index in [1.165, 1.54) is 12.3 Å². The SMILES string of the molecule is CC(C)C(=O)N1CCC[C@H](C(=O)Nc2ccc(Oc3cccc(C(N)=O)c3)nc2)C1. The average molecular weight is 410 g/mol. The topological polar surface area (TPSA) is 115 Å². The molecule has 8 heteroatoms. The molecule has 30 heavy (non-hydrogen) atoms. The van der Waals surface area contributed by atoms with E-state index in [2.05, 4.69) is 10.3 Å². The fourth-order valence-electron chi connectivity index (χ4n) is 3.35. The molecule has 1 saturated heterocycles. The van der Waals surface area contributed by atoms with Gasteiger partial charge in [-0.05, 0) is 37.1 Å². The van der Waals surface area contributed by atoms with Crippen molar-refractivity contribution in [2.75, 3.05) is 18.4 Å². The lowest BCUT2D eigenvalue weighted by molar-refractivity contribution is -0.137. The maximum atomic E-state index is 12.6. The molecule has 0 spiro atoms. The molecule has 1 atom stereocenters. The van der Waals surface area contributed by atoms with Crippen molar-refractivity contribution in [1.29, 1.82) is 0 Å². The summed E-state index contributed by atoms with van der Waals surface area (Å²) >= 11 is 0. The van der Waals surface area contributed by atoms with Crippen LogP contribution in [0.2, 0.25) is 0 Å². The third-order valence-corrected chi connectivity index (χ3v) is 4.94. The minimum Gasteiger partial charge on any atom is -0.439 e. The number of primary amides is 1. The van der Waals surface area contributed by atoms with Crippen molar-refractivity contribution in [2.24, 2.45) is 17.6 Å². The molecule has 1 aromatic carbocycles. The molecule has 158 valence electrons. The Labute approximate surface area is 175 Å². The van der Waals surface area contributed by atoms with Crippen molar-refractivity contribution in [3.05, 3.63) is 48.2 Å². The lowest BCUT2D eigenvalue weighted by Crippen LogP contribution is -2.45. The van der Waals surface area contributed by atoms with Gasteiger partial charge in [0.15, 0.2) is 0 Å². The van der Waals surface area contributed by atoms with E-state index in [0.29, 0.717) is 36.0 Å². The number of piperidine rings is 1. The fourth-order valence-corrected chi connectivity index (χ4v) is 3.35. The van der Waals surface area contributed by atoms with Crippen LogP contribution >= 0.6 is 0 Å². The lowest BCUT2D eigenvalue weighted by atomic mass is 9.96. The zero-order valence-electron chi connectivity index (χ0n) is 17.1. The Morgan fingerprint density at radius 2 is 2.03 bits per heavy atom. The number of hydrogen-bond acceptors (Lipinski definition) is 5. The highest BCUT2D eigenvalue weighted by molar-refractivity contribution is 5.93. The van der Waals surface area contributed by atoms with Gasteiger partial charge in [-0.3, -0.25) is 14.4 Å². The number of carbonyl (C=O) groups excluding carboxylic acids is 3. The Hall–Kier alpha value is -3.42. The third kappa shape index (κ3) is 5.34. The second-order valence-corrected chi connectivity index (χ2v) is 7.65. The molecular weight excluding hydrogens is 384 g/mol. The summed E-state index contributed by atoms with van der Waals surface area (Å²) in [4.78, 5) is 42.1. The zero-order valence-corrected chi connectivity index (χ0v) is 17.1. The number of nitrogens with two attached hydrogens (primary N) is 1. The molecule has 1 aliphatic heterocycles. The van der Waals surface area contributed by atoms with Crippen molar-refractivity contribution in [2.45, 2.75) is 26.7 Å². The monoisotopic (exact) mass is 410 g/mol. The molecule has 2 aromatic rings. The first-order chi connectivity index (χ1) is 14.3. The predicted octanol–water partition coefficient (Wildman–Crippen LogP) is 2.81. The number of benzene rings is 1. The van der Waals surface area contributed by atoms with Crippen LogP contribution in [-0.2, 0) is 9.59 Å². The van der Waals surface area contributed by atoms with E-state index >= 15 is 0 Å². The van der Waals surface area contributed by atoms with E-state index < -0.39 is 5.91 Å². The summed E-state index contributed by atoms with van der Waals surface area (Å²) in [5, 5.41) is 2.86. The molecule has 8 nitrogen and oxygen atoms in total. The molecule has 3 rings (SSSR count). The highest BCUT2D eigenvalue weighted by Gasteiger charge is 2.29. The van der Waals surface area contributed by atoms with E-state index in [4.69, 9.17) is 10.5 Å². The van der Waals surface area contributed by atoms with Crippen LogP contribution in [0.4, 0.5) is 5.69 Å². The van der Waals surface area contributed by atoms with Gasteiger partial charge in [-0.2, -0.15) is 0 Å². The minimum atomic E-state index is -0.539. The second kappa shape index (κ2) is 9.39. The average Bonchev–Trinajstić information content (AvgIpc) is 2.74. The van der Waals surface area contributed by atoms with Crippen LogP contribution in [0.3, 0.4) is 0 Å². The standard InChI is InChI=1S/C22H26N4O4/c1-14(2)22(29)26-10-4-6-16(13-26)21(28)25-17-8-9-19(24-12-17)30-18-7-3-5-15(11-18)20(23)27/h3,5,7-9,11-12,14,16H,4,6,10,13H2,1-2H3,(H2,23,27)(H,25,28)/t16-/m0/s1. The molecule has 0 saturated carbocycles. The maximum absolute atomic E-state index is 12.6. The van der Waals surface area contributed by atoms with Gasteiger partial charge >= 0.3 is 0 Å². The number of aromatic nitrogens is 1. The normalized spacial score (nSPS) is 16.2. The Bertz CT molecular complexity index is 927. The van der Waals surface area contributed by atoms with Gasteiger partial charge in [-0.1, -0.05) is 19.9 Å². The number of amides is 3. The van der Waals surface area contributed by atoms with Crippen LogP contribution in [0.25, 0.3) is 0 Å². The predicted molar refractivity (Wildman–Crippen MR) is 112 cm³/mol. The van der Waals surface area contributed by atoms with E-state index in [-0.39, 0.29) is 23.7 Å². The number of pyridine rings is 1. The van der Waals surface area contributed by atoms with Crippen LogP contribution < -0.4 is 15.8 Å². The first kappa shape index (κ1) is 21.3. The van der Waals surface area contributed by atoms with Crippen LogP contribution in [0, 0.1) is 11.8 Å². The highest BCUT2D eigenvalue weighted by Crippen LogP contribution is 2.23. The quantitative estimate of drug-likeness (QED) is 0.760. The highest BCUT2D eigenvalue weighted by atomic mass is 16.5. The van der Waals surface area contributed by atoms with Crippen molar-refractivity contribution in [1.82, 2.24) is 9.88 Å². The molecule has 1 aromatic heterocycles. The largest absolute Gasteiger partial charge is 0.439 e. The summed E-state index contributed by atoms with van der Waals surface area (Å²) in [6.07, 6.45) is 3.06. The van der Waals surface area contributed by atoms with Gasteiger partial charge in [0.05, 0.1) is 17.8 Å². The van der Waals surface area contributed by atoms with Gasteiger partial charge in [0.25, 0.3) is 0 Å². The molecule has 3 amide bonds. The zero-order chi connectivity index (χ0) is 21.7. The molecule has 0 unspecified atom stereocenters. The molecule has 1 aliphatic rings. The first-order valence-electron chi connectivity index (χ1n) is 9.97. The number of hydrogen-bond donors (Lipinski definition) is 2. The van der Waals surface area contributed by atoms with Gasteiger partial charge in [-0.25, -0.2) is 4.98 Å². The van der Waals surface area contributed by atoms with Gasteiger partial charge in [0.2, 0.25) is 23.6 Å². The lowest BCUT2D eigenvalue weighted by Gasteiger charge is -2.33. The molecule has 2 heterocycles. The summed E-state index contributed by atoms with van der Waals surface area (Å²) in [6, 6.07) is 9.81. The molecule has 1 fully saturated rings. The summed E-state index contributed by atoms with van der Waals surface area (Å²) in [7, 11) is 0. The summed E-state index contributed by atoms with van der Waals surface area (Å²) in [5.41, 5.74) is 6.16. The number of nitrogens with zero attached hydrogens (tertiary/aromatic N) is 2. The van der Waals surface area contributed by atoms with E-state index in [1.54, 1.807) is 35.2 Å². The van der Waals surface area contributed by atoms with Gasteiger partial charge in [0, 0.05) is 30.6 Å². The van der Waals surface area contributed by atoms with Crippen LogP contribution in [0.1, 0.15) is 37.0 Å². The first-order valence-corrected chi connectivity index (χ1v) is 9.97. The number of ether oxygens (including phenoxy) is 1. The molecule has 0 bridgehead atoms.